The zero-order chi connectivity index (χ0) is 12.3. The van der Waals surface area contributed by atoms with E-state index in [1.807, 2.05) is 0 Å². The minimum absolute atomic E-state index is 1.14. The van der Waals surface area contributed by atoms with Crippen molar-refractivity contribution in [2.45, 2.75) is 6.92 Å². The maximum atomic E-state index is 3.59. The molecule has 0 heterocycles. The number of halogens is 1. The maximum absolute atomic E-state index is 3.59. The van der Waals surface area contributed by atoms with Crippen molar-refractivity contribution < 1.29 is 0 Å². The van der Waals surface area contributed by atoms with Crippen LogP contribution in [0.2, 0.25) is 0 Å². The fourth-order valence-electron chi connectivity index (χ4n) is 2.96. The van der Waals surface area contributed by atoms with Gasteiger partial charge in [-0.2, -0.15) is 0 Å². The minimum Gasteiger partial charge on any atom is -0.0537 e. The standard InChI is InChI=1S/C17H11Br/c1-10-6-11-2-4-13-8-15(18)9-14-5-3-12(7-10)16(11)17(13)14/h2-9H,1H3. The van der Waals surface area contributed by atoms with E-state index in [1.54, 1.807) is 0 Å². The molecule has 18 heavy (non-hydrogen) atoms. The third kappa shape index (κ3) is 1.31. The Hall–Kier alpha value is -1.60. The molecule has 4 rings (SSSR count). The van der Waals surface area contributed by atoms with Gasteiger partial charge in [0.05, 0.1) is 0 Å². The van der Waals surface area contributed by atoms with Gasteiger partial charge in [-0.25, -0.2) is 0 Å². The summed E-state index contributed by atoms with van der Waals surface area (Å²) in [4.78, 5) is 0. The summed E-state index contributed by atoms with van der Waals surface area (Å²) < 4.78 is 1.14. The molecule has 0 fully saturated rings. The summed E-state index contributed by atoms with van der Waals surface area (Å²) in [5, 5.41) is 8.06. The molecule has 4 aromatic carbocycles. The Morgan fingerprint density at radius 1 is 0.667 bits per heavy atom. The van der Waals surface area contributed by atoms with Crippen LogP contribution in [0.15, 0.2) is 53.0 Å². The van der Waals surface area contributed by atoms with Crippen LogP contribution >= 0.6 is 15.9 Å². The summed E-state index contributed by atoms with van der Waals surface area (Å²) >= 11 is 3.59. The maximum Gasteiger partial charge on any atom is 0.0187 e. The van der Waals surface area contributed by atoms with Crippen molar-refractivity contribution in [2.75, 3.05) is 0 Å². The van der Waals surface area contributed by atoms with Crippen molar-refractivity contribution in [2.24, 2.45) is 0 Å². The van der Waals surface area contributed by atoms with Gasteiger partial charge < -0.3 is 0 Å². The van der Waals surface area contributed by atoms with Crippen molar-refractivity contribution in [3.8, 4) is 0 Å². The fourth-order valence-corrected chi connectivity index (χ4v) is 3.45. The van der Waals surface area contributed by atoms with Crippen LogP contribution in [0.4, 0.5) is 0 Å². The summed E-state index contributed by atoms with van der Waals surface area (Å²) in [6.07, 6.45) is 0. The third-order valence-corrected chi connectivity index (χ3v) is 4.10. The molecule has 0 amide bonds. The molecule has 86 valence electrons. The quantitative estimate of drug-likeness (QED) is 0.367. The lowest BCUT2D eigenvalue weighted by molar-refractivity contribution is 1.52. The molecule has 0 N–H and O–H groups in total. The van der Waals surface area contributed by atoms with E-state index < -0.39 is 0 Å². The topological polar surface area (TPSA) is 0 Å². The van der Waals surface area contributed by atoms with Gasteiger partial charge in [0.15, 0.2) is 0 Å². The van der Waals surface area contributed by atoms with E-state index in [0.29, 0.717) is 0 Å². The lowest BCUT2D eigenvalue weighted by atomic mass is 9.93. The van der Waals surface area contributed by atoms with Gasteiger partial charge in [0.25, 0.3) is 0 Å². The van der Waals surface area contributed by atoms with Gasteiger partial charge in [-0.15, -0.1) is 0 Å². The van der Waals surface area contributed by atoms with E-state index >= 15 is 0 Å². The van der Waals surface area contributed by atoms with Crippen LogP contribution in [0.3, 0.4) is 0 Å². The number of rotatable bonds is 0. The lowest BCUT2D eigenvalue weighted by Gasteiger charge is -2.11. The Balaban J connectivity index is 2.41. The highest BCUT2D eigenvalue weighted by atomic mass is 79.9. The SMILES string of the molecule is Cc1cc2ccc3cc(Br)cc4ccc(c1)c2c34. The van der Waals surface area contributed by atoms with Gasteiger partial charge in [0.2, 0.25) is 0 Å². The van der Waals surface area contributed by atoms with Crippen LogP contribution < -0.4 is 0 Å². The van der Waals surface area contributed by atoms with Crippen molar-refractivity contribution >= 4 is 48.2 Å². The molecular weight excluding hydrogens is 284 g/mol. The first kappa shape index (κ1) is 10.3. The first-order chi connectivity index (χ1) is 8.72. The van der Waals surface area contributed by atoms with E-state index in [0.717, 1.165) is 4.47 Å². The molecule has 0 unspecified atom stereocenters. The van der Waals surface area contributed by atoms with Crippen molar-refractivity contribution in [3.63, 3.8) is 0 Å². The molecule has 4 aromatic rings. The number of hydrogen-bond donors (Lipinski definition) is 0. The summed E-state index contributed by atoms with van der Waals surface area (Å²) in [6.45, 7) is 2.16. The zero-order valence-electron chi connectivity index (χ0n) is 10.00. The third-order valence-electron chi connectivity index (χ3n) is 3.64. The Labute approximate surface area is 114 Å². The summed E-state index contributed by atoms with van der Waals surface area (Å²) in [6, 6.07) is 17.8. The van der Waals surface area contributed by atoms with Crippen molar-refractivity contribution in [1.82, 2.24) is 0 Å². The van der Waals surface area contributed by atoms with Gasteiger partial charge in [-0.3, -0.25) is 0 Å². The van der Waals surface area contributed by atoms with E-state index in [9.17, 15) is 0 Å². The number of benzene rings is 4. The summed E-state index contributed by atoms with van der Waals surface area (Å²) in [5.74, 6) is 0. The molecule has 0 radical (unpaired) electrons. The molecule has 0 aliphatic carbocycles. The number of aryl methyl sites for hydroxylation is 1. The van der Waals surface area contributed by atoms with Crippen molar-refractivity contribution in [3.05, 3.63) is 58.6 Å². The molecule has 0 aromatic heterocycles. The van der Waals surface area contributed by atoms with E-state index in [4.69, 9.17) is 0 Å². The van der Waals surface area contributed by atoms with Gasteiger partial charge >= 0.3 is 0 Å². The van der Waals surface area contributed by atoms with E-state index in [1.165, 1.54) is 37.9 Å². The molecule has 0 saturated carbocycles. The van der Waals surface area contributed by atoms with Crippen LogP contribution in [0.25, 0.3) is 32.3 Å². The monoisotopic (exact) mass is 294 g/mol. The molecule has 0 aliphatic heterocycles. The summed E-state index contributed by atoms with van der Waals surface area (Å²) in [5.41, 5.74) is 1.32. The summed E-state index contributed by atoms with van der Waals surface area (Å²) in [7, 11) is 0. The Kier molecular flexibility index (Phi) is 1.98. The Morgan fingerprint density at radius 3 is 1.50 bits per heavy atom. The van der Waals surface area contributed by atoms with Gasteiger partial charge in [-0.05, 0) is 56.9 Å². The normalized spacial score (nSPS) is 11.9. The van der Waals surface area contributed by atoms with E-state index in [-0.39, 0.29) is 0 Å². The first-order valence-electron chi connectivity index (χ1n) is 6.07. The van der Waals surface area contributed by atoms with Gasteiger partial charge in [0, 0.05) is 4.47 Å². The fraction of sp³-hybridized carbons (Fsp3) is 0.0588. The predicted molar refractivity (Wildman–Crippen MR) is 82.6 cm³/mol. The Morgan fingerprint density at radius 2 is 1.06 bits per heavy atom. The van der Waals surface area contributed by atoms with Crippen LogP contribution in [0.5, 0.6) is 0 Å². The second-order valence-electron chi connectivity index (χ2n) is 4.94. The lowest BCUT2D eigenvalue weighted by Crippen LogP contribution is -1.85. The molecule has 1 heteroatoms. The average Bonchev–Trinajstić information content (AvgIpc) is 2.34. The van der Waals surface area contributed by atoms with Crippen LogP contribution in [0, 0.1) is 6.92 Å². The number of hydrogen-bond acceptors (Lipinski definition) is 0. The minimum atomic E-state index is 1.14. The Bertz CT molecular complexity index is 748. The largest absolute Gasteiger partial charge is 0.0537 e. The average molecular weight is 295 g/mol. The second-order valence-corrected chi connectivity index (χ2v) is 5.86. The van der Waals surface area contributed by atoms with E-state index in [2.05, 4.69) is 71.4 Å². The van der Waals surface area contributed by atoms with Crippen LogP contribution in [-0.4, -0.2) is 0 Å². The highest BCUT2D eigenvalue weighted by Crippen LogP contribution is 2.36. The molecule has 0 atom stereocenters. The highest BCUT2D eigenvalue weighted by molar-refractivity contribution is 9.10. The van der Waals surface area contributed by atoms with Gasteiger partial charge in [-0.1, -0.05) is 52.3 Å². The molecule has 0 aliphatic rings. The molecular formula is C17H11Br. The molecule has 0 bridgehead atoms. The first-order valence-corrected chi connectivity index (χ1v) is 6.86. The smallest absolute Gasteiger partial charge is 0.0187 e. The van der Waals surface area contributed by atoms with Crippen LogP contribution in [-0.2, 0) is 0 Å². The van der Waals surface area contributed by atoms with Gasteiger partial charge in [0.1, 0.15) is 0 Å². The molecule has 0 spiro atoms. The molecule has 0 saturated heterocycles. The highest BCUT2D eigenvalue weighted by Gasteiger charge is 2.08. The zero-order valence-corrected chi connectivity index (χ0v) is 11.6. The van der Waals surface area contributed by atoms with Crippen molar-refractivity contribution in [1.29, 1.82) is 0 Å². The van der Waals surface area contributed by atoms with Crippen LogP contribution in [0.1, 0.15) is 5.56 Å². The molecule has 0 nitrogen and oxygen atoms in total. The second kappa shape index (κ2) is 3.46. The predicted octanol–water partition coefficient (Wildman–Crippen LogP) is 5.65.